The summed E-state index contributed by atoms with van der Waals surface area (Å²) >= 11 is 0. The minimum Gasteiger partial charge on any atom is -0.393 e. The number of amides is 1. The number of ether oxygens (including phenoxy) is 2. The Hall–Kier alpha value is -1.72. The lowest BCUT2D eigenvalue weighted by atomic mass is 9.92. The molecule has 2 fully saturated rings. The fourth-order valence-corrected chi connectivity index (χ4v) is 3.35. The first kappa shape index (κ1) is 13.9. The molecule has 1 amide bonds. The molecule has 1 aromatic rings. The van der Waals surface area contributed by atoms with Crippen molar-refractivity contribution >= 4 is 11.7 Å². The van der Waals surface area contributed by atoms with E-state index in [0.717, 1.165) is 0 Å². The molecule has 6 N–H and O–H groups in total. The molecule has 3 aliphatic heterocycles. The Morgan fingerprint density at radius 3 is 3.05 bits per heavy atom. The van der Waals surface area contributed by atoms with Gasteiger partial charge in [0, 0.05) is 0 Å². The molecule has 120 valence electrons. The maximum absolute atomic E-state index is 11.9. The number of anilines is 1. The van der Waals surface area contributed by atoms with Crippen LogP contribution in [-0.2, 0) is 9.47 Å². The van der Waals surface area contributed by atoms with Crippen molar-refractivity contribution in [3.8, 4) is 0 Å². The standard InChI is InChI=1S/C12H17N5O5/c1-11-8(20)12(2-18,3-21-11)22-9(11)17-4-14-5-6(17)15-10(13)16-7(5)19/h4,8-10,15,18,20H,2-3,13H2,1H3,(H,16,19)/t8-,9+,10?,11+,12-/m0/s1. The van der Waals surface area contributed by atoms with Crippen LogP contribution in [0.15, 0.2) is 6.33 Å². The molecular formula is C12H17N5O5. The minimum absolute atomic E-state index is 0.0992. The van der Waals surface area contributed by atoms with E-state index < -0.39 is 35.7 Å². The largest absolute Gasteiger partial charge is 0.393 e. The van der Waals surface area contributed by atoms with Crippen LogP contribution in [0.2, 0.25) is 0 Å². The Kier molecular flexibility index (Phi) is 2.64. The third kappa shape index (κ3) is 1.50. The third-order valence-electron chi connectivity index (χ3n) is 4.61. The fourth-order valence-electron chi connectivity index (χ4n) is 3.35. The first-order chi connectivity index (χ1) is 10.4. The number of aromatic nitrogens is 2. The Morgan fingerprint density at radius 1 is 1.59 bits per heavy atom. The fraction of sp³-hybridized carbons (Fsp3) is 0.667. The van der Waals surface area contributed by atoms with Crippen molar-refractivity contribution in [2.45, 2.75) is 36.7 Å². The van der Waals surface area contributed by atoms with Gasteiger partial charge in [0.05, 0.1) is 19.5 Å². The number of nitrogens with one attached hydrogen (secondary N) is 2. The normalized spacial score (nSPS) is 42.9. The zero-order valence-corrected chi connectivity index (χ0v) is 11.8. The number of carbonyl (C=O) groups excluding carboxylic acids is 1. The highest BCUT2D eigenvalue weighted by atomic mass is 16.7. The van der Waals surface area contributed by atoms with Gasteiger partial charge in [-0.25, -0.2) is 4.98 Å². The summed E-state index contributed by atoms with van der Waals surface area (Å²) in [6, 6.07) is 0. The molecule has 2 saturated heterocycles. The van der Waals surface area contributed by atoms with Gasteiger partial charge in [-0.2, -0.15) is 0 Å². The summed E-state index contributed by atoms with van der Waals surface area (Å²) in [5, 5.41) is 25.4. The first-order valence-electron chi connectivity index (χ1n) is 6.92. The summed E-state index contributed by atoms with van der Waals surface area (Å²) in [4.78, 5) is 15.9. The van der Waals surface area contributed by atoms with Crippen LogP contribution in [0.1, 0.15) is 23.6 Å². The van der Waals surface area contributed by atoms with Crippen molar-refractivity contribution in [1.29, 1.82) is 0 Å². The van der Waals surface area contributed by atoms with Gasteiger partial charge in [0.1, 0.15) is 23.1 Å². The maximum Gasteiger partial charge on any atom is 0.276 e. The van der Waals surface area contributed by atoms with Crippen molar-refractivity contribution < 1.29 is 24.5 Å². The van der Waals surface area contributed by atoms with Crippen LogP contribution in [-0.4, -0.2) is 62.5 Å². The lowest BCUT2D eigenvalue weighted by Crippen LogP contribution is -2.51. The molecule has 0 aromatic carbocycles. The third-order valence-corrected chi connectivity index (χ3v) is 4.61. The van der Waals surface area contributed by atoms with E-state index in [1.54, 1.807) is 11.5 Å². The number of aliphatic hydroxyl groups is 2. The molecule has 0 spiro atoms. The van der Waals surface area contributed by atoms with Crippen LogP contribution in [0.25, 0.3) is 0 Å². The highest BCUT2D eigenvalue weighted by Crippen LogP contribution is 2.53. The van der Waals surface area contributed by atoms with Crippen molar-refractivity contribution in [3.63, 3.8) is 0 Å². The monoisotopic (exact) mass is 311 g/mol. The molecule has 1 aromatic heterocycles. The number of hydrogen-bond acceptors (Lipinski definition) is 8. The number of aliphatic hydroxyl groups excluding tert-OH is 2. The Morgan fingerprint density at radius 2 is 2.36 bits per heavy atom. The molecule has 3 aliphatic rings. The number of nitrogens with two attached hydrogens (primary N) is 1. The molecule has 4 rings (SSSR count). The molecule has 1 unspecified atom stereocenters. The second kappa shape index (κ2) is 4.18. The average Bonchev–Trinajstić information content (AvgIpc) is 3.07. The van der Waals surface area contributed by atoms with Crippen molar-refractivity contribution in [3.05, 3.63) is 12.0 Å². The smallest absolute Gasteiger partial charge is 0.276 e. The van der Waals surface area contributed by atoms with Crippen LogP contribution in [0.3, 0.4) is 0 Å². The second-order valence-electron chi connectivity index (χ2n) is 6.01. The van der Waals surface area contributed by atoms with E-state index in [2.05, 4.69) is 15.6 Å². The molecule has 22 heavy (non-hydrogen) atoms. The highest BCUT2D eigenvalue weighted by Gasteiger charge is 2.68. The SMILES string of the molecule is C[C@]12OC[C@](CO)(O[C@H]1n1cnc3c1NC(N)NC3=O)[C@H]2O. The van der Waals surface area contributed by atoms with Crippen molar-refractivity contribution in [1.82, 2.24) is 14.9 Å². The van der Waals surface area contributed by atoms with Gasteiger partial charge in [-0.3, -0.25) is 15.1 Å². The molecule has 5 atom stereocenters. The molecule has 0 aliphatic carbocycles. The Bertz CT molecular complexity index is 650. The quantitative estimate of drug-likeness (QED) is 0.410. The number of carbonyl (C=O) groups is 1. The number of hydrogen-bond donors (Lipinski definition) is 5. The molecule has 10 heteroatoms. The van der Waals surface area contributed by atoms with Gasteiger partial charge >= 0.3 is 0 Å². The van der Waals surface area contributed by atoms with E-state index in [9.17, 15) is 15.0 Å². The van der Waals surface area contributed by atoms with Gasteiger partial charge in [0.25, 0.3) is 5.91 Å². The van der Waals surface area contributed by atoms with E-state index >= 15 is 0 Å². The van der Waals surface area contributed by atoms with Gasteiger partial charge in [0.15, 0.2) is 18.2 Å². The summed E-state index contributed by atoms with van der Waals surface area (Å²) in [5.41, 5.74) is 3.66. The average molecular weight is 311 g/mol. The molecule has 0 radical (unpaired) electrons. The predicted octanol–water partition coefficient (Wildman–Crippen LogP) is -2.31. The predicted molar refractivity (Wildman–Crippen MR) is 71.6 cm³/mol. The van der Waals surface area contributed by atoms with Gasteiger partial charge in [0.2, 0.25) is 0 Å². The van der Waals surface area contributed by atoms with Crippen LogP contribution in [0.4, 0.5) is 5.82 Å². The minimum atomic E-state index is -1.17. The van der Waals surface area contributed by atoms with E-state index in [4.69, 9.17) is 15.2 Å². The number of fused-ring (bicyclic) bond motifs is 3. The van der Waals surface area contributed by atoms with E-state index in [1.165, 1.54) is 6.33 Å². The molecule has 0 saturated carbocycles. The summed E-state index contributed by atoms with van der Waals surface area (Å²) in [7, 11) is 0. The molecular weight excluding hydrogens is 294 g/mol. The number of nitrogens with zero attached hydrogens (tertiary/aromatic N) is 2. The van der Waals surface area contributed by atoms with Gasteiger partial charge in [-0.1, -0.05) is 0 Å². The molecule has 10 nitrogen and oxygen atoms in total. The highest BCUT2D eigenvalue weighted by molar-refractivity contribution is 5.99. The topological polar surface area (TPSA) is 144 Å². The summed E-state index contributed by atoms with van der Waals surface area (Å²) in [5.74, 6) is -0.00874. The Balaban J connectivity index is 1.77. The van der Waals surface area contributed by atoms with E-state index in [0.29, 0.717) is 5.82 Å². The van der Waals surface area contributed by atoms with Gasteiger partial charge in [-0.05, 0) is 6.92 Å². The number of imidazole rings is 1. The lowest BCUT2D eigenvalue weighted by molar-refractivity contribution is -0.211. The van der Waals surface area contributed by atoms with Crippen LogP contribution < -0.4 is 16.4 Å². The second-order valence-corrected chi connectivity index (χ2v) is 6.01. The summed E-state index contributed by atoms with van der Waals surface area (Å²) < 4.78 is 13.1. The van der Waals surface area contributed by atoms with E-state index in [1.807, 2.05) is 0 Å². The van der Waals surface area contributed by atoms with Crippen LogP contribution in [0, 0.1) is 0 Å². The van der Waals surface area contributed by atoms with Crippen LogP contribution in [0.5, 0.6) is 0 Å². The van der Waals surface area contributed by atoms with Crippen LogP contribution >= 0.6 is 0 Å². The van der Waals surface area contributed by atoms with Gasteiger partial charge < -0.3 is 30.3 Å². The zero-order chi connectivity index (χ0) is 15.7. The lowest BCUT2D eigenvalue weighted by Gasteiger charge is -2.35. The molecule has 2 bridgehead atoms. The number of rotatable bonds is 2. The Labute approximate surface area is 125 Å². The molecule has 4 heterocycles. The first-order valence-corrected chi connectivity index (χ1v) is 6.92. The van der Waals surface area contributed by atoms with Gasteiger partial charge in [-0.15, -0.1) is 0 Å². The summed E-state index contributed by atoms with van der Waals surface area (Å²) in [6.45, 7) is 1.43. The maximum atomic E-state index is 11.9. The van der Waals surface area contributed by atoms with Crippen molar-refractivity contribution in [2.24, 2.45) is 5.73 Å². The van der Waals surface area contributed by atoms with E-state index in [-0.39, 0.29) is 18.9 Å². The van der Waals surface area contributed by atoms with Crippen molar-refractivity contribution in [2.75, 3.05) is 18.5 Å². The zero-order valence-electron chi connectivity index (χ0n) is 11.8. The summed E-state index contributed by atoms with van der Waals surface area (Å²) in [6.07, 6.45) is -1.07.